The van der Waals surface area contributed by atoms with E-state index in [4.69, 9.17) is 20.9 Å². The molecule has 2 aromatic carbocycles. The number of methoxy groups -OCH3 is 1. The normalized spacial score (nSPS) is 11.8. The smallest absolute Gasteiger partial charge is 0.226 e. The molecule has 0 bridgehead atoms. The Bertz CT molecular complexity index is 926. The van der Waals surface area contributed by atoms with Crippen LogP contribution in [0.1, 0.15) is 30.4 Å². The number of carbonyl (C=O) groups excluding carboxylic acids is 1. The molecule has 0 aliphatic heterocycles. The molecule has 152 valence electrons. The first-order valence-corrected chi connectivity index (χ1v) is 9.60. The van der Waals surface area contributed by atoms with Gasteiger partial charge in [-0.3, -0.25) is 4.79 Å². The Morgan fingerprint density at radius 2 is 1.93 bits per heavy atom. The van der Waals surface area contributed by atoms with Gasteiger partial charge in [-0.1, -0.05) is 28.9 Å². The maximum Gasteiger partial charge on any atom is 0.226 e. The summed E-state index contributed by atoms with van der Waals surface area (Å²) in [7, 11) is 1.58. The molecule has 0 aliphatic carbocycles. The highest BCUT2D eigenvalue weighted by Crippen LogP contribution is 2.19. The fraction of sp³-hybridized carbons (Fsp3) is 0.286. The van der Waals surface area contributed by atoms with E-state index in [9.17, 15) is 9.90 Å². The molecule has 3 rings (SSSR count). The zero-order chi connectivity index (χ0) is 20.6. The number of hydrogen-bond acceptors (Lipinski definition) is 6. The fourth-order valence-electron chi connectivity index (χ4n) is 2.72. The van der Waals surface area contributed by atoms with Gasteiger partial charge in [0, 0.05) is 30.0 Å². The maximum atomic E-state index is 12.0. The number of halogens is 1. The molecule has 1 amide bonds. The molecule has 1 unspecified atom stereocenters. The quantitative estimate of drug-likeness (QED) is 0.554. The van der Waals surface area contributed by atoms with Crippen molar-refractivity contribution in [1.82, 2.24) is 15.5 Å². The van der Waals surface area contributed by atoms with Crippen LogP contribution in [-0.2, 0) is 11.2 Å². The fourth-order valence-corrected chi connectivity index (χ4v) is 2.84. The summed E-state index contributed by atoms with van der Waals surface area (Å²) < 4.78 is 10.3. The second-order valence-electron chi connectivity index (χ2n) is 6.47. The second kappa shape index (κ2) is 10.0. The molecule has 1 heterocycles. The van der Waals surface area contributed by atoms with E-state index in [1.165, 1.54) is 0 Å². The minimum absolute atomic E-state index is 0.144. The number of nitrogens with zero attached hydrogens (tertiary/aromatic N) is 2. The van der Waals surface area contributed by atoms with Crippen LogP contribution in [0.25, 0.3) is 11.4 Å². The number of benzene rings is 2. The number of carbonyl (C=O) groups is 1. The molecule has 0 fully saturated rings. The average Bonchev–Trinajstić information content (AvgIpc) is 3.21. The van der Waals surface area contributed by atoms with Crippen LogP contribution in [0, 0.1) is 0 Å². The van der Waals surface area contributed by atoms with E-state index in [0.29, 0.717) is 47.3 Å². The molecule has 1 atom stereocenters. The molecular formula is C21H22ClN3O4. The molecule has 0 saturated heterocycles. The van der Waals surface area contributed by atoms with Crippen LogP contribution < -0.4 is 10.1 Å². The second-order valence-corrected chi connectivity index (χ2v) is 6.90. The van der Waals surface area contributed by atoms with Crippen molar-refractivity contribution < 1.29 is 19.2 Å². The molecule has 0 spiro atoms. The van der Waals surface area contributed by atoms with Gasteiger partial charge >= 0.3 is 0 Å². The van der Waals surface area contributed by atoms with Crippen LogP contribution in [0.2, 0.25) is 5.02 Å². The number of ether oxygens (including phenoxy) is 1. The first-order chi connectivity index (χ1) is 14.0. The first-order valence-electron chi connectivity index (χ1n) is 9.22. The van der Waals surface area contributed by atoms with Gasteiger partial charge in [-0.05, 0) is 48.4 Å². The summed E-state index contributed by atoms with van der Waals surface area (Å²) in [4.78, 5) is 16.3. The molecule has 8 heteroatoms. The van der Waals surface area contributed by atoms with Gasteiger partial charge < -0.3 is 19.7 Å². The predicted molar refractivity (Wildman–Crippen MR) is 109 cm³/mol. The summed E-state index contributed by atoms with van der Waals surface area (Å²) in [5.74, 6) is 1.53. The zero-order valence-electron chi connectivity index (χ0n) is 16.0. The van der Waals surface area contributed by atoms with Crippen molar-refractivity contribution in [3.05, 3.63) is 65.0 Å². The summed E-state index contributed by atoms with van der Waals surface area (Å²) >= 11 is 5.87. The third-order valence-corrected chi connectivity index (χ3v) is 4.61. The Balaban J connectivity index is 1.40. The monoisotopic (exact) mass is 415 g/mol. The van der Waals surface area contributed by atoms with Gasteiger partial charge in [0.1, 0.15) is 5.75 Å². The number of nitrogens with one attached hydrogen (secondary N) is 1. The molecule has 2 N–H and O–H groups in total. The molecule has 0 saturated carbocycles. The van der Waals surface area contributed by atoms with E-state index < -0.39 is 6.10 Å². The van der Waals surface area contributed by atoms with Crippen LogP contribution in [0.15, 0.2) is 53.1 Å². The number of aromatic nitrogens is 2. The SMILES string of the molecule is COc1ccc(C(O)CNC(=O)CCCc2nc(-c3ccc(Cl)cc3)no2)cc1. The van der Waals surface area contributed by atoms with Crippen molar-refractivity contribution >= 4 is 17.5 Å². The largest absolute Gasteiger partial charge is 0.497 e. The summed E-state index contributed by atoms with van der Waals surface area (Å²) in [6.45, 7) is 0.145. The summed E-state index contributed by atoms with van der Waals surface area (Å²) in [6.07, 6.45) is 0.582. The molecular weight excluding hydrogens is 394 g/mol. The lowest BCUT2D eigenvalue weighted by atomic mass is 10.1. The number of rotatable bonds is 9. The van der Waals surface area contributed by atoms with Crippen molar-refractivity contribution in [3.8, 4) is 17.1 Å². The zero-order valence-corrected chi connectivity index (χ0v) is 16.7. The Hall–Kier alpha value is -2.90. The van der Waals surface area contributed by atoms with Crippen LogP contribution in [0.4, 0.5) is 0 Å². The summed E-state index contributed by atoms with van der Waals surface area (Å²) in [5.41, 5.74) is 1.53. The Kier molecular flexibility index (Phi) is 7.21. The van der Waals surface area contributed by atoms with Crippen LogP contribution >= 0.6 is 11.6 Å². The van der Waals surface area contributed by atoms with Gasteiger partial charge in [0.2, 0.25) is 17.6 Å². The molecule has 7 nitrogen and oxygen atoms in total. The number of aliphatic hydroxyl groups is 1. The van der Waals surface area contributed by atoms with Crippen LogP contribution in [0.5, 0.6) is 5.75 Å². The van der Waals surface area contributed by atoms with Gasteiger partial charge in [0.05, 0.1) is 13.2 Å². The minimum Gasteiger partial charge on any atom is -0.497 e. The average molecular weight is 416 g/mol. The van der Waals surface area contributed by atoms with E-state index >= 15 is 0 Å². The number of aryl methyl sites for hydroxylation is 1. The topological polar surface area (TPSA) is 97.5 Å². The lowest BCUT2D eigenvalue weighted by Crippen LogP contribution is -2.28. The third-order valence-electron chi connectivity index (χ3n) is 4.36. The molecule has 0 radical (unpaired) electrons. The molecule has 1 aromatic heterocycles. The summed E-state index contributed by atoms with van der Waals surface area (Å²) in [5, 5.41) is 17.5. The van der Waals surface area contributed by atoms with E-state index in [2.05, 4.69) is 15.5 Å². The lowest BCUT2D eigenvalue weighted by Gasteiger charge is -2.12. The highest BCUT2D eigenvalue weighted by atomic mass is 35.5. The van der Waals surface area contributed by atoms with E-state index in [0.717, 1.165) is 5.56 Å². The standard InChI is InChI=1S/C21H22ClN3O4/c1-28-17-11-7-14(8-12-17)18(26)13-23-19(27)3-2-4-20-24-21(25-29-20)15-5-9-16(22)10-6-15/h5-12,18,26H,2-4,13H2,1H3,(H,23,27). The van der Waals surface area contributed by atoms with E-state index in [-0.39, 0.29) is 12.5 Å². The predicted octanol–water partition coefficient (Wildman–Crippen LogP) is 3.57. The highest BCUT2D eigenvalue weighted by Gasteiger charge is 2.12. The van der Waals surface area contributed by atoms with Crippen LogP contribution in [0.3, 0.4) is 0 Å². The Morgan fingerprint density at radius 3 is 2.62 bits per heavy atom. The first kappa shape index (κ1) is 20.8. The lowest BCUT2D eigenvalue weighted by molar-refractivity contribution is -0.121. The maximum absolute atomic E-state index is 12.0. The Morgan fingerprint density at radius 1 is 1.21 bits per heavy atom. The van der Waals surface area contributed by atoms with Crippen molar-refractivity contribution in [1.29, 1.82) is 0 Å². The minimum atomic E-state index is -0.775. The van der Waals surface area contributed by atoms with Gasteiger partial charge in [0.25, 0.3) is 0 Å². The van der Waals surface area contributed by atoms with Crippen molar-refractivity contribution in [3.63, 3.8) is 0 Å². The third kappa shape index (κ3) is 6.04. The number of amides is 1. The van der Waals surface area contributed by atoms with Gasteiger partial charge in [-0.2, -0.15) is 4.98 Å². The number of aliphatic hydroxyl groups excluding tert-OH is 1. The van der Waals surface area contributed by atoms with Gasteiger partial charge in [0.15, 0.2) is 0 Å². The van der Waals surface area contributed by atoms with Crippen molar-refractivity contribution in [2.24, 2.45) is 0 Å². The summed E-state index contributed by atoms with van der Waals surface area (Å²) in [6, 6.07) is 14.2. The van der Waals surface area contributed by atoms with Gasteiger partial charge in [-0.25, -0.2) is 0 Å². The molecule has 3 aromatic rings. The van der Waals surface area contributed by atoms with E-state index in [1.807, 2.05) is 12.1 Å². The van der Waals surface area contributed by atoms with Crippen LogP contribution in [-0.4, -0.2) is 34.8 Å². The molecule has 29 heavy (non-hydrogen) atoms. The van der Waals surface area contributed by atoms with E-state index in [1.54, 1.807) is 43.5 Å². The molecule has 0 aliphatic rings. The Labute approximate surface area is 173 Å². The van der Waals surface area contributed by atoms with Gasteiger partial charge in [-0.15, -0.1) is 0 Å². The number of hydrogen-bond donors (Lipinski definition) is 2. The van der Waals surface area contributed by atoms with Crippen molar-refractivity contribution in [2.75, 3.05) is 13.7 Å². The van der Waals surface area contributed by atoms with Crippen molar-refractivity contribution in [2.45, 2.75) is 25.4 Å². The highest BCUT2D eigenvalue weighted by molar-refractivity contribution is 6.30.